The number of methoxy groups -OCH3 is 2. The van der Waals surface area contributed by atoms with E-state index >= 15 is 0 Å². The first kappa shape index (κ1) is 15.4. The highest BCUT2D eigenvalue weighted by Crippen LogP contribution is 2.28. The zero-order valence-electron chi connectivity index (χ0n) is 11.8. The maximum atomic E-state index is 10.7. The lowest BCUT2D eigenvalue weighted by Crippen LogP contribution is -2.65. The van der Waals surface area contributed by atoms with Crippen molar-refractivity contribution >= 4 is 5.97 Å². The highest BCUT2D eigenvalue weighted by molar-refractivity contribution is 5.69. The van der Waals surface area contributed by atoms with Crippen LogP contribution in [0.1, 0.15) is 33.1 Å². The second-order valence-electron chi connectivity index (χ2n) is 5.24. The summed E-state index contributed by atoms with van der Waals surface area (Å²) in [5.74, 6) is -1.38. The fourth-order valence-corrected chi connectivity index (χ4v) is 2.25. The van der Waals surface area contributed by atoms with Crippen LogP contribution in [0.4, 0.5) is 0 Å². The fraction of sp³-hybridized carbons (Fsp3) is 0.923. The van der Waals surface area contributed by atoms with Crippen molar-refractivity contribution in [3.63, 3.8) is 0 Å². The van der Waals surface area contributed by atoms with Gasteiger partial charge >= 0.3 is 5.97 Å². The van der Waals surface area contributed by atoms with Crippen molar-refractivity contribution in [1.29, 1.82) is 0 Å². The van der Waals surface area contributed by atoms with E-state index in [2.05, 4.69) is 11.8 Å². The molecule has 1 heterocycles. The van der Waals surface area contributed by atoms with Crippen molar-refractivity contribution in [1.82, 2.24) is 4.90 Å². The van der Waals surface area contributed by atoms with E-state index in [-0.39, 0.29) is 5.92 Å². The van der Waals surface area contributed by atoms with Crippen LogP contribution in [-0.4, -0.2) is 55.1 Å². The first-order chi connectivity index (χ1) is 8.44. The molecule has 1 aliphatic heterocycles. The summed E-state index contributed by atoms with van der Waals surface area (Å²) in [7, 11) is 3.33. The molecule has 5 heteroatoms. The molecule has 0 bridgehead atoms. The second kappa shape index (κ2) is 6.50. The summed E-state index contributed by atoms with van der Waals surface area (Å²) >= 11 is 0. The van der Waals surface area contributed by atoms with Crippen molar-refractivity contribution in [2.24, 2.45) is 5.92 Å². The van der Waals surface area contributed by atoms with Crippen LogP contribution in [-0.2, 0) is 14.3 Å². The molecular formula is C13H25NO4. The SMILES string of the molecule is COC1(OC)CN(C(C)CCCC(C)C(=O)O)C1. The number of carboxylic acid groups (broad SMARTS) is 1. The average molecular weight is 259 g/mol. The topological polar surface area (TPSA) is 59.0 Å². The maximum Gasteiger partial charge on any atom is 0.306 e. The molecule has 1 fully saturated rings. The smallest absolute Gasteiger partial charge is 0.306 e. The molecule has 0 aliphatic carbocycles. The van der Waals surface area contributed by atoms with Crippen LogP contribution in [0.5, 0.6) is 0 Å². The lowest BCUT2D eigenvalue weighted by molar-refractivity contribution is -0.281. The van der Waals surface area contributed by atoms with Crippen LogP contribution < -0.4 is 0 Å². The molecule has 0 radical (unpaired) electrons. The first-order valence-electron chi connectivity index (χ1n) is 6.51. The molecule has 2 unspecified atom stereocenters. The molecule has 1 aliphatic rings. The average Bonchev–Trinajstić information content (AvgIpc) is 2.28. The monoisotopic (exact) mass is 259 g/mol. The quantitative estimate of drug-likeness (QED) is 0.670. The number of carboxylic acids is 1. The Morgan fingerprint density at radius 3 is 2.28 bits per heavy atom. The van der Waals surface area contributed by atoms with Crippen molar-refractivity contribution in [3.05, 3.63) is 0 Å². The molecule has 2 atom stereocenters. The molecule has 0 aromatic rings. The van der Waals surface area contributed by atoms with Gasteiger partial charge in [-0.3, -0.25) is 9.69 Å². The van der Waals surface area contributed by atoms with E-state index in [1.54, 1.807) is 21.1 Å². The van der Waals surface area contributed by atoms with Gasteiger partial charge in [-0.2, -0.15) is 0 Å². The number of likely N-dealkylation sites (tertiary alicyclic amines) is 1. The Bertz CT molecular complexity index is 270. The molecular weight excluding hydrogens is 234 g/mol. The zero-order valence-corrected chi connectivity index (χ0v) is 11.8. The molecule has 0 aromatic heterocycles. The number of hydrogen-bond donors (Lipinski definition) is 1. The van der Waals surface area contributed by atoms with E-state index in [9.17, 15) is 4.79 Å². The summed E-state index contributed by atoms with van der Waals surface area (Å²) in [6, 6.07) is 0.449. The van der Waals surface area contributed by atoms with Crippen molar-refractivity contribution in [2.45, 2.75) is 44.9 Å². The van der Waals surface area contributed by atoms with Crippen molar-refractivity contribution < 1.29 is 19.4 Å². The van der Waals surface area contributed by atoms with E-state index in [4.69, 9.17) is 14.6 Å². The molecule has 106 valence electrons. The molecule has 0 saturated carbocycles. The maximum absolute atomic E-state index is 10.7. The summed E-state index contributed by atoms with van der Waals surface area (Å²) < 4.78 is 10.7. The summed E-state index contributed by atoms with van der Waals surface area (Å²) in [4.78, 5) is 13.0. The third-order valence-corrected chi connectivity index (χ3v) is 3.94. The minimum atomic E-state index is -0.704. The molecule has 1 rings (SSSR count). The fourth-order valence-electron chi connectivity index (χ4n) is 2.25. The Labute approximate surface area is 109 Å². The predicted molar refractivity (Wildman–Crippen MR) is 68.4 cm³/mol. The first-order valence-corrected chi connectivity index (χ1v) is 6.51. The largest absolute Gasteiger partial charge is 0.481 e. The van der Waals surface area contributed by atoms with Gasteiger partial charge in [0.25, 0.3) is 0 Å². The number of hydrogen-bond acceptors (Lipinski definition) is 4. The summed E-state index contributed by atoms with van der Waals surface area (Å²) in [5.41, 5.74) is 0. The van der Waals surface area contributed by atoms with Crippen LogP contribution in [0.15, 0.2) is 0 Å². The van der Waals surface area contributed by atoms with Gasteiger partial charge in [-0.05, 0) is 19.8 Å². The number of nitrogens with zero attached hydrogens (tertiary/aromatic N) is 1. The minimum absolute atomic E-state index is 0.245. The summed E-state index contributed by atoms with van der Waals surface area (Å²) in [5, 5.41) is 8.80. The second-order valence-corrected chi connectivity index (χ2v) is 5.24. The minimum Gasteiger partial charge on any atom is -0.481 e. The van der Waals surface area contributed by atoms with Crippen molar-refractivity contribution in [3.8, 4) is 0 Å². The van der Waals surface area contributed by atoms with Gasteiger partial charge < -0.3 is 14.6 Å². The Kier molecular flexibility index (Phi) is 5.56. The third kappa shape index (κ3) is 3.67. The number of carbonyl (C=O) groups is 1. The van der Waals surface area contributed by atoms with E-state index in [0.717, 1.165) is 32.4 Å². The summed E-state index contributed by atoms with van der Waals surface area (Å²) in [6.07, 6.45) is 2.70. The molecule has 5 nitrogen and oxygen atoms in total. The Morgan fingerprint density at radius 1 is 1.28 bits per heavy atom. The molecule has 0 amide bonds. The highest BCUT2D eigenvalue weighted by Gasteiger charge is 2.45. The molecule has 0 spiro atoms. The van der Waals surface area contributed by atoms with Crippen LogP contribution in [0, 0.1) is 5.92 Å². The Balaban J connectivity index is 2.20. The lowest BCUT2D eigenvalue weighted by atomic mass is 9.98. The highest BCUT2D eigenvalue weighted by atomic mass is 16.7. The van der Waals surface area contributed by atoms with Crippen LogP contribution >= 0.6 is 0 Å². The van der Waals surface area contributed by atoms with Gasteiger partial charge in [0.05, 0.1) is 19.0 Å². The molecule has 18 heavy (non-hydrogen) atoms. The molecule has 0 aromatic carbocycles. The Morgan fingerprint density at radius 2 is 1.83 bits per heavy atom. The lowest BCUT2D eigenvalue weighted by Gasteiger charge is -2.50. The predicted octanol–water partition coefficient (Wildman–Crippen LogP) is 1.57. The molecule has 1 N–H and O–H groups in total. The van der Waals surface area contributed by atoms with E-state index in [1.807, 2.05) is 0 Å². The Hall–Kier alpha value is -0.650. The van der Waals surface area contributed by atoms with Gasteiger partial charge in [0.1, 0.15) is 0 Å². The van der Waals surface area contributed by atoms with Gasteiger partial charge in [-0.25, -0.2) is 0 Å². The van der Waals surface area contributed by atoms with Gasteiger partial charge in [0.15, 0.2) is 5.79 Å². The standard InChI is InChI=1S/C13H25NO4/c1-10(12(15)16)6-5-7-11(2)14-8-13(9-14,17-3)18-4/h10-11H,5-9H2,1-4H3,(H,15,16). The van der Waals surface area contributed by atoms with Gasteiger partial charge in [0.2, 0.25) is 0 Å². The van der Waals surface area contributed by atoms with E-state index in [0.29, 0.717) is 6.04 Å². The molecule has 1 saturated heterocycles. The van der Waals surface area contributed by atoms with E-state index < -0.39 is 11.8 Å². The number of ether oxygens (including phenoxy) is 2. The van der Waals surface area contributed by atoms with Crippen LogP contribution in [0.2, 0.25) is 0 Å². The van der Waals surface area contributed by atoms with E-state index in [1.165, 1.54) is 0 Å². The van der Waals surface area contributed by atoms with Gasteiger partial charge in [-0.15, -0.1) is 0 Å². The number of aliphatic carboxylic acids is 1. The zero-order chi connectivity index (χ0) is 13.8. The number of rotatable bonds is 8. The van der Waals surface area contributed by atoms with Gasteiger partial charge in [0, 0.05) is 20.3 Å². The normalized spacial score (nSPS) is 22.2. The summed E-state index contributed by atoms with van der Waals surface area (Å²) in [6.45, 7) is 5.50. The van der Waals surface area contributed by atoms with Gasteiger partial charge in [-0.1, -0.05) is 13.3 Å². The van der Waals surface area contributed by atoms with Crippen LogP contribution in [0.3, 0.4) is 0 Å². The van der Waals surface area contributed by atoms with Crippen molar-refractivity contribution in [2.75, 3.05) is 27.3 Å². The van der Waals surface area contributed by atoms with Crippen LogP contribution in [0.25, 0.3) is 0 Å². The third-order valence-electron chi connectivity index (χ3n) is 3.94.